The molecule has 2 heterocycles. The monoisotopic (exact) mass is 460 g/mol. The number of hydrogen-bond donors (Lipinski definition) is 0. The lowest BCUT2D eigenvalue weighted by Gasteiger charge is -2.28. The Bertz CT molecular complexity index is 979. The van der Waals surface area contributed by atoms with Gasteiger partial charge in [-0.3, -0.25) is 0 Å². The van der Waals surface area contributed by atoms with Gasteiger partial charge in [-0.15, -0.1) is 0 Å². The van der Waals surface area contributed by atoms with Crippen molar-refractivity contribution >= 4 is 23.2 Å². The van der Waals surface area contributed by atoms with Crippen LogP contribution in [0.1, 0.15) is 23.1 Å². The molecule has 0 aliphatic carbocycles. The summed E-state index contributed by atoms with van der Waals surface area (Å²) in [5.41, 5.74) is 3.41. The molecule has 0 spiro atoms. The van der Waals surface area contributed by atoms with E-state index in [0.717, 1.165) is 18.4 Å². The fraction of sp³-hybridized carbons (Fsp3) is 0.375. The number of aromatic nitrogens is 2. The summed E-state index contributed by atoms with van der Waals surface area (Å²) in [6.45, 7) is 3.98. The maximum atomic E-state index is 6.41. The quantitative estimate of drug-likeness (QED) is 0.425. The number of halogens is 2. The molecule has 3 aromatic rings. The summed E-state index contributed by atoms with van der Waals surface area (Å²) < 4.78 is 20.5. The number of nitrogens with zero attached hydrogens (tertiary/aromatic N) is 2. The molecule has 1 saturated heterocycles. The Morgan fingerprint density at radius 3 is 2.77 bits per heavy atom. The molecule has 0 N–H and O–H groups in total. The summed E-state index contributed by atoms with van der Waals surface area (Å²) in [5, 5.41) is 1.21. The molecule has 0 radical (unpaired) electrons. The van der Waals surface area contributed by atoms with Crippen molar-refractivity contribution in [3.8, 4) is 0 Å². The molecule has 1 aliphatic heterocycles. The molecule has 2 unspecified atom stereocenters. The van der Waals surface area contributed by atoms with Crippen molar-refractivity contribution in [3.63, 3.8) is 0 Å². The Morgan fingerprint density at radius 2 is 2.03 bits per heavy atom. The summed E-state index contributed by atoms with van der Waals surface area (Å²) in [4.78, 5) is 4.15. The van der Waals surface area contributed by atoms with E-state index >= 15 is 0 Å². The van der Waals surface area contributed by atoms with E-state index < -0.39 is 5.79 Å². The molecule has 1 fully saturated rings. The lowest BCUT2D eigenvalue weighted by atomic mass is 10.0. The smallest absolute Gasteiger partial charge is 0.187 e. The van der Waals surface area contributed by atoms with Gasteiger partial charge in [0.2, 0.25) is 0 Å². The number of imidazole rings is 1. The van der Waals surface area contributed by atoms with E-state index in [1.54, 1.807) is 18.6 Å². The average molecular weight is 461 g/mol. The molecule has 0 amide bonds. The van der Waals surface area contributed by atoms with Crippen molar-refractivity contribution in [1.29, 1.82) is 0 Å². The summed E-state index contributed by atoms with van der Waals surface area (Å²) in [6.07, 6.45) is 6.93. The molecule has 164 valence electrons. The molecule has 2 aromatic carbocycles. The minimum absolute atomic E-state index is 0.146. The van der Waals surface area contributed by atoms with E-state index in [4.69, 9.17) is 37.4 Å². The highest BCUT2D eigenvalue weighted by Gasteiger charge is 2.41. The Balaban J connectivity index is 1.36. The zero-order valence-corrected chi connectivity index (χ0v) is 19.0. The Morgan fingerprint density at radius 1 is 1.19 bits per heavy atom. The van der Waals surface area contributed by atoms with Gasteiger partial charge in [-0.2, -0.15) is 0 Å². The standard InChI is InChI=1S/C24H26Cl2N2O3/c1-18-2-4-19(5-3-18)8-9-24(16-28-11-10-27-17-28)30-15-22(31-24)14-29-13-20-6-7-21(25)12-23(20)26/h2-7,10-12,17,22H,8-9,13-16H2,1H3. The minimum atomic E-state index is -0.711. The molecule has 2 atom stereocenters. The van der Waals surface area contributed by atoms with Crippen LogP contribution >= 0.6 is 23.2 Å². The molecule has 1 aliphatic rings. The second-order valence-corrected chi connectivity index (χ2v) is 8.78. The van der Waals surface area contributed by atoms with Gasteiger partial charge in [-0.05, 0) is 36.6 Å². The number of ether oxygens (including phenoxy) is 3. The van der Waals surface area contributed by atoms with E-state index in [9.17, 15) is 0 Å². The summed E-state index contributed by atoms with van der Waals surface area (Å²) >= 11 is 12.2. The first-order valence-corrected chi connectivity index (χ1v) is 11.1. The predicted octanol–water partition coefficient (Wildman–Crippen LogP) is 5.46. The van der Waals surface area contributed by atoms with E-state index in [2.05, 4.69) is 36.2 Å². The van der Waals surface area contributed by atoms with Crippen LogP contribution in [0.5, 0.6) is 0 Å². The lowest BCUT2D eigenvalue weighted by Crippen LogP contribution is -2.37. The zero-order chi connectivity index (χ0) is 21.7. The van der Waals surface area contributed by atoms with Crippen molar-refractivity contribution in [2.45, 2.75) is 44.8 Å². The maximum Gasteiger partial charge on any atom is 0.187 e. The van der Waals surface area contributed by atoms with Gasteiger partial charge in [0.05, 0.1) is 32.7 Å². The van der Waals surface area contributed by atoms with Gasteiger partial charge in [0.15, 0.2) is 5.79 Å². The van der Waals surface area contributed by atoms with E-state index in [-0.39, 0.29) is 6.10 Å². The third kappa shape index (κ3) is 6.09. The van der Waals surface area contributed by atoms with Crippen molar-refractivity contribution in [1.82, 2.24) is 9.55 Å². The van der Waals surface area contributed by atoms with Gasteiger partial charge in [0.25, 0.3) is 0 Å². The minimum Gasteiger partial charge on any atom is -0.374 e. The molecule has 0 saturated carbocycles. The van der Waals surface area contributed by atoms with Gasteiger partial charge < -0.3 is 18.8 Å². The van der Waals surface area contributed by atoms with Gasteiger partial charge in [-0.25, -0.2) is 4.98 Å². The highest BCUT2D eigenvalue weighted by Crippen LogP contribution is 2.31. The Kier molecular flexibility index (Phi) is 7.31. The fourth-order valence-corrected chi connectivity index (χ4v) is 4.14. The van der Waals surface area contributed by atoms with Crippen LogP contribution in [0.25, 0.3) is 0 Å². The lowest BCUT2D eigenvalue weighted by molar-refractivity contribution is -0.187. The Hall–Kier alpha value is -1.89. The molecular weight excluding hydrogens is 435 g/mol. The highest BCUT2D eigenvalue weighted by atomic mass is 35.5. The van der Waals surface area contributed by atoms with Gasteiger partial charge in [0.1, 0.15) is 6.10 Å². The van der Waals surface area contributed by atoms with Crippen LogP contribution in [0.2, 0.25) is 10.0 Å². The van der Waals surface area contributed by atoms with E-state index in [1.807, 2.05) is 22.9 Å². The Labute approximate surface area is 192 Å². The van der Waals surface area contributed by atoms with Crippen LogP contribution in [0.15, 0.2) is 61.2 Å². The van der Waals surface area contributed by atoms with Crippen LogP contribution < -0.4 is 0 Å². The largest absolute Gasteiger partial charge is 0.374 e. The first-order chi connectivity index (χ1) is 15.0. The van der Waals surface area contributed by atoms with Gasteiger partial charge in [-0.1, -0.05) is 59.1 Å². The highest BCUT2D eigenvalue weighted by molar-refractivity contribution is 6.35. The summed E-state index contributed by atoms with van der Waals surface area (Å²) in [5.74, 6) is -0.711. The maximum absolute atomic E-state index is 6.41. The second kappa shape index (κ2) is 10.2. The van der Waals surface area contributed by atoms with Crippen LogP contribution in [0, 0.1) is 6.92 Å². The molecule has 1 aromatic heterocycles. The van der Waals surface area contributed by atoms with Crippen LogP contribution in [0.4, 0.5) is 0 Å². The van der Waals surface area contributed by atoms with Crippen molar-refractivity contribution in [2.24, 2.45) is 0 Å². The first kappa shape index (κ1) is 22.3. The molecule has 4 rings (SSSR count). The van der Waals surface area contributed by atoms with E-state index in [1.165, 1.54) is 11.1 Å². The van der Waals surface area contributed by atoms with Crippen LogP contribution in [-0.2, 0) is 33.8 Å². The van der Waals surface area contributed by atoms with Crippen LogP contribution in [0.3, 0.4) is 0 Å². The SMILES string of the molecule is Cc1ccc(CCC2(Cn3ccnc3)OCC(COCc3ccc(Cl)cc3Cl)O2)cc1. The van der Waals surface area contributed by atoms with Crippen LogP contribution in [-0.4, -0.2) is 34.7 Å². The number of rotatable bonds is 9. The van der Waals surface area contributed by atoms with Crippen molar-refractivity contribution in [3.05, 3.63) is 87.9 Å². The van der Waals surface area contributed by atoms with Crippen molar-refractivity contribution < 1.29 is 14.2 Å². The first-order valence-electron chi connectivity index (χ1n) is 10.4. The molecule has 5 nitrogen and oxygen atoms in total. The molecule has 7 heteroatoms. The molecule has 0 bridgehead atoms. The average Bonchev–Trinajstić information content (AvgIpc) is 3.40. The number of benzene rings is 2. The van der Waals surface area contributed by atoms with E-state index in [0.29, 0.717) is 36.4 Å². The predicted molar refractivity (Wildman–Crippen MR) is 121 cm³/mol. The third-order valence-corrected chi connectivity index (χ3v) is 5.97. The second-order valence-electron chi connectivity index (χ2n) is 7.93. The third-order valence-electron chi connectivity index (χ3n) is 5.39. The summed E-state index contributed by atoms with van der Waals surface area (Å²) in [6, 6.07) is 14.0. The normalized spacial score (nSPS) is 20.9. The van der Waals surface area contributed by atoms with Crippen molar-refractivity contribution in [2.75, 3.05) is 13.2 Å². The topological polar surface area (TPSA) is 45.5 Å². The molecule has 31 heavy (non-hydrogen) atoms. The summed E-state index contributed by atoms with van der Waals surface area (Å²) in [7, 11) is 0. The van der Waals surface area contributed by atoms with Gasteiger partial charge >= 0.3 is 0 Å². The fourth-order valence-electron chi connectivity index (χ4n) is 3.68. The number of hydrogen-bond acceptors (Lipinski definition) is 4. The van der Waals surface area contributed by atoms with Gasteiger partial charge in [0, 0.05) is 28.9 Å². The number of aryl methyl sites for hydroxylation is 2. The molecular formula is C24H26Cl2N2O3. The zero-order valence-electron chi connectivity index (χ0n) is 17.5.